The monoisotopic (exact) mass is 312 g/mol. The third-order valence-corrected chi connectivity index (χ3v) is 4.01. The maximum atomic E-state index is 12.4. The highest BCUT2D eigenvalue weighted by molar-refractivity contribution is 5.74. The number of amides is 2. The van der Waals surface area contributed by atoms with Gasteiger partial charge in [-0.1, -0.05) is 29.8 Å². The van der Waals surface area contributed by atoms with Gasteiger partial charge in [-0.05, 0) is 13.8 Å². The molecule has 0 atom stereocenters. The zero-order valence-electron chi connectivity index (χ0n) is 13.3. The van der Waals surface area contributed by atoms with E-state index in [1.54, 1.807) is 4.90 Å². The van der Waals surface area contributed by atoms with Crippen molar-refractivity contribution in [3.8, 4) is 11.4 Å². The van der Waals surface area contributed by atoms with Gasteiger partial charge in [0.25, 0.3) is 5.56 Å². The number of carbonyl (C=O) groups excluding carboxylic acids is 1. The van der Waals surface area contributed by atoms with Crippen LogP contribution in [0.2, 0.25) is 0 Å². The van der Waals surface area contributed by atoms with E-state index < -0.39 is 0 Å². The van der Waals surface area contributed by atoms with Crippen LogP contribution in [0.5, 0.6) is 0 Å². The third kappa shape index (κ3) is 3.11. The van der Waals surface area contributed by atoms with E-state index in [4.69, 9.17) is 0 Å². The van der Waals surface area contributed by atoms with Gasteiger partial charge in [-0.3, -0.25) is 4.79 Å². The molecule has 1 aromatic carbocycles. The zero-order chi connectivity index (χ0) is 16.4. The molecule has 1 aromatic heterocycles. The molecule has 1 aliphatic heterocycles. The highest BCUT2D eigenvalue weighted by atomic mass is 16.2. The predicted molar refractivity (Wildman–Crippen MR) is 88.2 cm³/mol. The highest BCUT2D eigenvalue weighted by Crippen LogP contribution is 2.19. The molecule has 1 aliphatic rings. The molecule has 0 saturated carbocycles. The third-order valence-electron chi connectivity index (χ3n) is 4.01. The molecule has 0 bridgehead atoms. The van der Waals surface area contributed by atoms with Crippen molar-refractivity contribution in [3.63, 3.8) is 0 Å². The van der Waals surface area contributed by atoms with Crippen molar-refractivity contribution < 1.29 is 4.79 Å². The van der Waals surface area contributed by atoms with Gasteiger partial charge >= 0.3 is 6.03 Å². The Kier molecular flexibility index (Phi) is 4.14. The second kappa shape index (κ2) is 6.24. The van der Waals surface area contributed by atoms with Crippen molar-refractivity contribution in [1.29, 1.82) is 0 Å². The van der Waals surface area contributed by atoms with E-state index in [-0.39, 0.29) is 11.6 Å². The first-order valence-electron chi connectivity index (χ1n) is 7.80. The first-order valence-corrected chi connectivity index (χ1v) is 7.80. The Balaban J connectivity index is 1.91. The normalized spacial score (nSPS) is 13.6. The molecule has 0 aliphatic carbocycles. The molecule has 2 amide bonds. The number of hydrogen-bond donors (Lipinski definition) is 2. The van der Waals surface area contributed by atoms with Crippen LogP contribution >= 0.6 is 0 Å². The van der Waals surface area contributed by atoms with Crippen LogP contribution in [0.1, 0.15) is 23.7 Å². The average molecular weight is 312 g/mol. The maximum Gasteiger partial charge on any atom is 0.317 e. The second-order valence-electron chi connectivity index (χ2n) is 5.71. The number of hydrogen-bond acceptors (Lipinski definition) is 3. The van der Waals surface area contributed by atoms with Crippen LogP contribution in [-0.4, -0.2) is 34.0 Å². The number of aromatic nitrogens is 2. The van der Waals surface area contributed by atoms with Gasteiger partial charge in [-0.25, -0.2) is 9.78 Å². The minimum absolute atomic E-state index is 0.139. The van der Waals surface area contributed by atoms with Crippen molar-refractivity contribution in [2.45, 2.75) is 26.8 Å². The molecular formula is C17H20N4O2. The molecule has 3 rings (SSSR count). The lowest BCUT2D eigenvalue weighted by Crippen LogP contribution is -2.44. The van der Waals surface area contributed by atoms with E-state index in [2.05, 4.69) is 15.3 Å². The molecule has 0 spiro atoms. The van der Waals surface area contributed by atoms with Gasteiger partial charge in [-0.15, -0.1) is 0 Å². The molecule has 2 heterocycles. The van der Waals surface area contributed by atoms with Gasteiger partial charge in [0.05, 0.1) is 17.8 Å². The van der Waals surface area contributed by atoms with Gasteiger partial charge in [0.2, 0.25) is 0 Å². The summed E-state index contributed by atoms with van der Waals surface area (Å²) >= 11 is 0. The lowest BCUT2D eigenvalue weighted by molar-refractivity contribution is 0.192. The van der Waals surface area contributed by atoms with E-state index in [0.717, 1.165) is 16.8 Å². The lowest BCUT2D eigenvalue weighted by atomic mass is 10.1. The largest absolute Gasteiger partial charge is 0.338 e. The maximum absolute atomic E-state index is 12.4. The fraction of sp³-hybridized carbons (Fsp3) is 0.353. The summed E-state index contributed by atoms with van der Waals surface area (Å²) in [5.74, 6) is 0.584. The van der Waals surface area contributed by atoms with Crippen molar-refractivity contribution in [2.75, 3.05) is 13.1 Å². The Morgan fingerprint density at radius 3 is 2.78 bits per heavy atom. The molecule has 0 unspecified atom stereocenters. The minimum atomic E-state index is -0.167. The van der Waals surface area contributed by atoms with Crippen LogP contribution in [0, 0.1) is 6.92 Å². The summed E-state index contributed by atoms with van der Waals surface area (Å²) in [5, 5.41) is 2.76. The standard InChI is InChI=1S/C17H20N4O2/c1-3-18-17(23)21-9-8-14-13(10-21)16(22)20-15(19-14)12-6-4-11(2)5-7-12/h4-7H,3,8-10H2,1-2H3,(H,18,23)(H,19,20,22). The van der Waals surface area contributed by atoms with Crippen LogP contribution in [0.3, 0.4) is 0 Å². The smallest absolute Gasteiger partial charge is 0.317 e. The topological polar surface area (TPSA) is 78.1 Å². The fourth-order valence-corrected chi connectivity index (χ4v) is 2.71. The molecule has 0 fully saturated rings. The highest BCUT2D eigenvalue weighted by Gasteiger charge is 2.24. The van der Waals surface area contributed by atoms with Gasteiger partial charge in [0.15, 0.2) is 0 Å². The van der Waals surface area contributed by atoms with E-state index in [0.29, 0.717) is 37.4 Å². The molecule has 120 valence electrons. The number of urea groups is 1. The Morgan fingerprint density at radius 2 is 2.09 bits per heavy atom. The van der Waals surface area contributed by atoms with Crippen molar-refractivity contribution in [3.05, 3.63) is 51.4 Å². The molecule has 2 N–H and O–H groups in total. The second-order valence-corrected chi connectivity index (χ2v) is 5.71. The quantitative estimate of drug-likeness (QED) is 0.888. The summed E-state index contributed by atoms with van der Waals surface area (Å²) in [4.78, 5) is 33.4. The molecular weight excluding hydrogens is 292 g/mol. The number of fused-ring (bicyclic) bond motifs is 1. The molecule has 23 heavy (non-hydrogen) atoms. The summed E-state index contributed by atoms with van der Waals surface area (Å²) in [7, 11) is 0. The Bertz CT molecular complexity index is 780. The summed E-state index contributed by atoms with van der Waals surface area (Å²) in [6.07, 6.45) is 0.593. The van der Waals surface area contributed by atoms with E-state index >= 15 is 0 Å². The average Bonchev–Trinajstić information content (AvgIpc) is 2.55. The van der Waals surface area contributed by atoms with Gasteiger partial charge in [-0.2, -0.15) is 0 Å². The molecule has 0 saturated heterocycles. The van der Waals surface area contributed by atoms with E-state index in [1.165, 1.54) is 0 Å². The lowest BCUT2D eigenvalue weighted by Gasteiger charge is -2.27. The number of carbonyl (C=O) groups is 1. The molecule has 0 radical (unpaired) electrons. The predicted octanol–water partition coefficient (Wildman–Crippen LogP) is 1.83. The summed E-state index contributed by atoms with van der Waals surface area (Å²) in [5.41, 5.74) is 3.25. The van der Waals surface area contributed by atoms with Gasteiger partial charge in [0, 0.05) is 25.1 Å². The number of H-pyrrole nitrogens is 1. The van der Waals surface area contributed by atoms with E-state index in [9.17, 15) is 9.59 Å². The number of nitrogens with one attached hydrogen (secondary N) is 2. The van der Waals surface area contributed by atoms with E-state index in [1.807, 2.05) is 38.1 Å². The van der Waals surface area contributed by atoms with Crippen molar-refractivity contribution in [1.82, 2.24) is 20.2 Å². The summed E-state index contributed by atoms with van der Waals surface area (Å²) < 4.78 is 0. The Hall–Kier alpha value is -2.63. The number of aromatic amines is 1. The summed E-state index contributed by atoms with van der Waals surface area (Å²) in [6.45, 7) is 5.34. The number of nitrogens with zero attached hydrogens (tertiary/aromatic N) is 2. The zero-order valence-corrected chi connectivity index (χ0v) is 13.3. The number of rotatable bonds is 2. The SMILES string of the molecule is CCNC(=O)N1CCc2nc(-c3ccc(C)cc3)[nH]c(=O)c2C1. The first kappa shape index (κ1) is 15.3. The number of benzene rings is 1. The van der Waals surface area contributed by atoms with Crippen LogP contribution in [0.4, 0.5) is 4.79 Å². The molecule has 6 nitrogen and oxygen atoms in total. The van der Waals surface area contributed by atoms with Crippen molar-refractivity contribution >= 4 is 6.03 Å². The van der Waals surface area contributed by atoms with Crippen LogP contribution < -0.4 is 10.9 Å². The molecule has 2 aromatic rings. The van der Waals surface area contributed by atoms with Crippen molar-refractivity contribution in [2.24, 2.45) is 0 Å². The summed E-state index contributed by atoms with van der Waals surface area (Å²) in [6, 6.07) is 7.74. The first-order chi connectivity index (χ1) is 11.1. The molecule has 6 heteroatoms. The number of aryl methyl sites for hydroxylation is 1. The van der Waals surface area contributed by atoms with Gasteiger partial charge in [0.1, 0.15) is 5.82 Å². The Morgan fingerprint density at radius 1 is 1.35 bits per heavy atom. The van der Waals surface area contributed by atoms with Crippen LogP contribution in [-0.2, 0) is 13.0 Å². The minimum Gasteiger partial charge on any atom is -0.338 e. The Labute approximate surface area is 134 Å². The van der Waals surface area contributed by atoms with Gasteiger partial charge < -0.3 is 15.2 Å². The van der Waals surface area contributed by atoms with Crippen LogP contribution in [0.15, 0.2) is 29.1 Å². The van der Waals surface area contributed by atoms with Crippen LogP contribution in [0.25, 0.3) is 11.4 Å². The fourth-order valence-electron chi connectivity index (χ4n) is 2.71.